The van der Waals surface area contributed by atoms with E-state index in [9.17, 15) is 0 Å². The average Bonchev–Trinajstić information content (AvgIpc) is 2.65. The third-order valence-electron chi connectivity index (χ3n) is 5.07. The molecule has 0 unspecified atom stereocenters. The second-order valence-corrected chi connectivity index (χ2v) is 8.11. The van der Waals surface area contributed by atoms with Crippen LogP contribution < -0.4 is 0 Å². The quantitative estimate of drug-likeness (QED) is 0.340. The average molecular weight is 586 g/mol. The molecule has 0 aromatic carbocycles. The van der Waals surface area contributed by atoms with Crippen molar-refractivity contribution < 1.29 is 21.1 Å². The number of hydrogen-bond donors (Lipinski definition) is 0. The summed E-state index contributed by atoms with van der Waals surface area (Å²) in [7, 11) is 0. The molecule has 0 saturated carbocycles. The van der Waals surface area contributed by atoms with Crippen molar-refractivity contribution in [3.8, 4) is 0 Å². The first kappa shape index (κ1) is 21.3. The van der Waals surface area contributed by atoms with Crippen LogP contribution in [-0.2, 0) is 21.1 Å². The topological polar surface area (TPSA) is 54.0 Å². The minimum atomic E-state index is 0. The Bertz CT molecular complexity index is 1170. The van der Waals surface area contributed by atoms with Gasteiger partial charge >= 0.3 is 21.1 Å². The van der Waals surface area contributed by atoms with Crippen LogP contribution >= 0.6 is 0 Å². The van der Waals surface area contributed by atoms with Gasteiger partial charge in [-0.05, 0) is 63.1 Å². The molecule has 3 aliphatic rings. The molecule has 8 bridgehead atoms. The summed E-state index contributed by atoms with van der Waals surface area (Å²) in [5.41, 5.74) is 11.5. The van der Waals surface area contributed by atoms with Crippen molar-refractivity contribution in [3.05, 3.63) is 116 Å². The maximum absolute atomic E-state index is 4.87. The Hall–Kier alpha value is -2.97. The number of allylic oxidation sites excluding steroid dienone is 6. The molecule has 0 aliphatic carbocycles. The van der Waals surface area contributed by atoms with E-state index in [1.165, 1.54) is 0 Å². The molecule has 5 heteroatoms. The Morgan fingerprint density at radius 1 is 0.548 bits per heavy atom. The van der Waals surface area contributed by atoms with E-state index in [-0.39, 0.29) is 21.1 Å². The van der Waals surface area contributed by atoms with Crippen molar-refractivity contribution in [2.45, 2.75) is 27.7 Å². The van der Waals surface area contributed by atoms with Crippen LogP contribution in [-0.4, -0.2) is 9.97 Å². The van der Waals surface area contributed by atoms with E-state index in [1.54, 1.807) is 0 Å². The van der Waals surface area contributed by atoms with Crippen LogP contribution in [0.25, 0.3) is 34.2 Å². The minimum absolute atomic E-state index is 0. The predicted octanol–water partition coefficient (Wildman–Crippen LogP) is 6.84. The van der Waals surface area contributed by atoms with Gasteiger partial charge in [-0.2, -0.15) is 0 Å². The second-order valence-electron chi connectivity index (χ2n) is 8.11. The molecule has 2 aromatic heterocycles. The van der Waals surface area contributed by atoms with E-state index in [0.29, 0.717) is 0 Å². The molecule has 3 aliphatic heterocycles. The summed E-state index contributed by atoms with van der Waals surface area (Å²) in [6.45, 7) is 8.34. The Kier molecular flexibility index (Phi) is 5.68. The normalized spacial score (nSPS) is 16.5. The number of rotatable bonds is 0. The van der Waals surface area contributed by atoms with Gasteiger partial charge in [0.25, 0.3) is 0 Å². The zero-order chi connectivity index (χ0) is 20.8. The fourth-order valence-corrected chi connectivity index (χ4v) is 3.90. The molecule has 0 fully saturated rings. The number of fused-ring (bicyclic) bond motifs is 10. The van der Waals surface area contributed by atoms with Crippen LogP contribution in [0.3, 0.4) is 0 Å². The molecule has 0 saturated heterocycles. The number of nitrogens with zero attached hydrogens (tertiary/aromatic N) is 4. The predicted molar refractivity (Wildman–Crippen MR) is 124 cm³/mol. The third kappa shape index (κ3) is 4.55. The van der Waals surface area contributed by atoms with Crippen molar-refractivity contribution in [3.63, 3.8) is 0 Å². The van der Waals surface area contributed by atoms with Crippen LogP contribution in [0.1, 0.15) is 47.8 Å². The summed E-state index contributed by atoms with van der Waals surface area (Å²) in [5, 5.41) is 9.75. The van der Waals surface area contributed by atoms with Gasteiger partial charge in [0.15, 0.2) is 0 Å². The molecule has 31 heavy (non-hydrogen) atoms. The first-order valence-electron chi connectivity index (χ1n) is 10.1. The Balaban J connectivity index is 0.00000231. The van der Waals surface area contributed by atoms with Crippen LogP contribution in [0.4, 0.5) is 0 Å². The standard InChI is InChI=1S/C26H22N4.Pt/c1-15-5-19-13-20-6-17(3)11-25(29-20)26-12-18(4)8-22(30-26)14-21-7-16(2)10-24(28-21)23(9-15)27-19;/h5-14H,1-4H3;/q-2;+2. The zero-order valence-electron chi connectivity index (χ0n) is 17.9. The fraction of sp³-hybridized carbons (Fsp3) is 0.154. The van der Waals surface area contributed by atoms with E-state index in [0.717, 1.165) is 67.8 Å². The largest absolute Gasteiger partial charge is 2.00 e. The molecule has 5 rings (SSSR count). The molecule has 0 N–H and O–H groups in total. The maximum atomic E-state index is 4.87. The first-order valence-corrected chi connectivity index (χ1v) is 10.1. The number of pyridine rings is 2. The van der Waals surface area contributed by atoms with Crippen molar-refractivity contribution >= 4 is 23.5 Å². The maximum Gasteiger partial charge on any atom is 2.00 e. The van der Waals surface area contributed by atoms with Crippen molar-refractivity contribution in [1.82, 2.24) is 9.97 Å². The summed E-state index contributed by atoms with van der Waals surface area (Å²) >= 11 is 0. The van der Waals surface area contributed by atoms with Gasteiger partial charge in [-0.25, -0.2) is 0 Å². The van der Waals surface area contributed by atoms with E-state index in [2.05, 4.69) is 76.3 Å². The van der Waals surface area contributed by atoms with Crippen molar-refractivity contribution in [2.24, 2.45) is 0 Å². The van der Waals surface area contributed by atoms with Crippen molar-refractivity contribution in [2.75, 3.05) is 0 Å². The molecule has 0 radical (unpaired) electrons. The van der Waals surface area contributed by atoms with Crippen LogP contribution in [0.5, 0.6) is 0 Å². The summed E-state index contributed by atoms with van der Waals surface area (Å²) < 4.78 is 0. The van der Waals surface area contributed by atoms with Gasteiger partial charge in [0, 0.05) is 11.4 Å². The van der Waals surface area contributed by atoms with E-state index < -0.39 is 0 Å². The molecule has 2 aromatic rings. The minimum Gasteiger partial charge on any atom is -0.656 e. The smallest absolute Gasteiger partial charge is 0.656 e. The number of aromatic nitrogens is 2. The summed E-state index contributed by atoms with van der Waals surface area (Å²) in [6, 6.07) is 8.30. The number of aryl methyl sites for hydroxylation is 2. The Labute approximate surface area is 197 Å². The van der Waals surface area contributed by atoms with Crippen molar-refractivity contribution in [1.29, 1.82) is 0 Å². The van der Waals surface area contributed by atoms with Gasteiger partial charge in [0.1, 0.15) is 0 Å². The fourth-order valence-electron chi connectivity index (χ4n) is 3.90. The zero-order valence-corrected chi connectivity index (χ0v) is 20.2. The summed E-state index contributed by atoms with van der Waals surface area (Å²) in [5.74, 6) is 0. The summed E-state index contributed by atoms with van der Waals surface area (Å²) in [4.78, 5) is 9.75. The molecular weight excluding hydrogens is 563 g/mol. The number of hydrogen-bond acceptors (Lipinski definition) is 2. The van der Waals surface area contributed by atoms with Gasteiger partial charge in [-0.1, -0.05) is 47.6 Å². The first-order chi connectivity index (χ1) is 14.4. The molecular formula is C26H22N4Pt. The van der Waals surface area contributed by atoms with Crippen LogP contribution in [0.2, 0.25) is 0 Å². The van der Waals surface area contributed by atoms with E-state index >= 15 is 0 Å². The monoisotopic (exact) mass is 585 g/mol. The SMILES string of the molecule is CC1=CC2=Cc3cc(C)cc(n3)C3=CC(C)=CC(=Cc4cc(C)cc(n4)C(=C1)[N-]2)[N-]3.[Pt+2]. The second kappa shape index (κ2) is 8.28. The van der Waals surface area contributed by atoms with Gasteiger partial charge in [-0.15, -0.1) is 22.8 Å². The van der Waals surface area contributed by atoms with Gasteiger partial charge < -0.3 is 10.6 Å². The molecule has 5 heterocycles. The molecule has 0 spiro atoms. The summed E-state index contributed by atoms with van der Waals surface area (Å²) in [6.07, 6.45) is 12.4. The third-order valence-corrected chi connectivity index (χ3v) is 5.07. The van der Waals surface area contributed by atoms with E-state index in [4.69, 9.17) is 20.6 Å². The van der Waals surface area contributed by atoms with Crippen LogP contribution in [0.15, 0.2) is 71.1 Å². The van der Waals surface area contributed by atoms with Gasteiger partial charge in [-0.3, -0.25) is 9.97 Å². The van der Waals surface area contributed by atoms with Crippen LogP contribution in [0, 0.1) is 13.8 Å². The molecule has 156 valence electrons. The molecule has 4 nitrogen and oxygen atoms in total. The Morgan fingerprint density at radius 2 is 0.968 bits per heavy atom. The van der Waals surface area contributed by atoms with Gasteiger partial charge in [0.05, 0.1) is 11.4 Å². The van der Waals surface area contributed by atoms with E-state index in [1.807, 2.05) is 12.2 Å². The van der Waals surface area contributed by atoms with Gasteiger partial charge in [0.2, 0.25) is 0 Å². The molecule has 0 atom stereocenters. The Morgan fingerprint density at radius 3 is 1.39 bits per heavy atom. The molecule has 0 amide bonds.